The van der Waals surface area contributed by atoms with Crippen molar-refractivity contribution >= 4 is 99.5 Å². The van der Waals surface area contributed by atoms with Crippen LogP contribution in [-0.4, -0.2) is 11.4 Å². The number of thiophene rings is 1. The summed E-state index contributed by atoms with van der Waals surface area (Å²) in [6.07, 6.45) is 0. The van der Waals surface area contributed by atoms with Crippen molar-refractivity contribution in [2.75, 3.05) is 9.71 Å². The maximum atomic E-state index is 2.62. The second kappa shape index (κ2) is 10.8. The first kappa shape index (κ1) is 30.7. The van der Waals surface area contributed by atoms with Gasteiger partial charge < -0.3 is 14.3 Å². The van der Waals surface area contributed by atoms with Crippen molar-refractivity contribution in [2.45, 2.75) is 19.3 Å². The van der Waals surface area contributed by atoms with Gasteiger partial charge in [0.1, 0.15) is 0 Å². The summed E-state index contributed by atoms with van der Waals surface area (Å²) in [6, 6.07) is 63.8. The minimum Gasteiger partial charge on any atom is -0.376 e. The number of anilines is 5. The molecule has 0 saturated heterocycles. The average molecular weight is 732 g/mol. The van der Waals surface area contributed by atoms with Gasteiger partial charge in [-0.2, -0.15) is 0 Å². The van der Waals surface area contributed by atoms with Crippen molar-refractivity contribution in [1.29, 1.82) is 0 Å². The maximum Gasteiger partial charge on any atom is 0.333 e. The molecule has 0 unspecified atom stereocenters. The van der Waals surface area contributed by atoms with E-state index in [0.29, 0.717) is 0 Å². The molecule has 0 aliphatic carbocycles. The van der Waals surface area contributed by atoms with Crippen LogP contribution in [0.3, 0.4) is 0 Å². The molecule has 5 heterocycles. The van der Waals surface area contributed by atoms with E-state index in [1.54, 1.807) is 0 Å². The van der Waals surface area contributed by atoms with E-state index >= 15 is 0 Å². The fraction of sp³-hybridized carbons (Fsp3) is 0.0588. The van der Waals surface area contributed by atoms with Gasteiger partial charge in [-0.05, 0) is 88.3 Å². The van der Waals surface area contributed by atoms with Crippen molar-refractivity contribution in [3.63, 3.8) is 0 Å². The number of aromatic nitrogens is 1. The topological polar surface area (TPSA) is 11.4 Å². The molecule has 0 spiro atoms. The van der Waals surface area contributed by atoms with Gasteiger partial charge in [0.2, 0.25) is 0 Å². The molecule has 0 N–H and O–H groups in total. The zero-order valence-electron chi connectivity index (χ0n) is 31.0. The Morgan fingerprint density at radius 2 is 1.14 bits per heavy atom. The SMILES string of the molecule is CC1(C)c2ccccc2N(c2cc3c4c5c2c2ccccc2n5-c2cc5c(cc2B4N(c2ccccc2)c2ccccc2-3)sc2ccccc25)c2ccccc21. The Kier molecular flexibility index (Phi) is 5.93. The van der Waals surface area contributed by atoms with Crippen LogP contribution >= 0.6 is 11.3 Å². The molecule has 3 aliphatic rings. The number of hydrogen-bond donors (Lipinski definition) is 0. The fourth-order valence-electron chi connectivity index (χ4n) is 10.6. The number of rotatable bonds is 2. The lowest BCUT2D eigenvalue weighted by Gasteiger charge is -2.44. The molecule has 0 fully saturated rings. The smallest absolute Gasteiger partial charge is 0.333 e. The summed E-state index contributed by atoms with van der Waals surface area (Å²) in [7, 11) is 0. The molecule has 262 valence electrons. The minimum atomic E-state index is -0.155. The molecule has 0 saturated carbocycles. The third-order valence-electron chi connectivity index (χ3n) is 12.9. The number of fused-ring (bicyclic) bond motifs is 13. The molecule has 3 aliphatic heterocycles. The zero-order valence-corrected chi connectivity index (χ0v) is 31.8. The zero-order chi connectivity index (χ0) is 36.9. The summed E-state index contributed by atoms with van der Waals surface area (Å²) in [5, 5.41) is 5.20. The Morgan fingerprint density at radius 3 is 1.93 bits per heavy atom. The first-order valence-corrected chi connectivity index (χ1v) is 20.4. The third-order valence-corrected chi connectivity index (χ3v) is 14.0. The number of benzene rings is 8. The van der Waals surface area contributed by atoms with E-state index in [0.717, 1.165) is 0 Å². The van der Waals surface area contributed by atoms with Gasteiger partial charge in [-0.1, -0.05) is 123 Å². The number of hydrogen-bond acceptors (Lipinski definition) is 3. The highest BCUT2D eigenvalue weighted by molar-refractivity contribution is 7.26. The lowest BCUT2D eigenvalue weighted by Crippen LogP contribution is -2.60. The normalized spacial score (nSPS) is 14.6. The molecule has 0 atom stereocenters. The predicted octanol–water partition coefficient (Wildman–Crippen LogP) is 12.5. The summed E-state index contributed by atoms with van der Waals surface area (Å²) in [4.78, 5) is 5.19. The van der Waals surface area contributed by atoms with Gasteiger partial charge in [0.15, 0.2) is 0 Å². The van der Waals surface area contributed by atoms with Gasteiger partial charge in [0.05, 0.1) is 28.1 Å². The quantitative estimate of drug-likeness (QED) is 0.164. The maximum absolute atomic E-state index is 2.62. The molecule has 3 nitrogen and oxygen atoms in total. The van der Waals surface area contributed by atoms with Crippen LogP contribution in [0.25, 0.3) is 58.8 Å². The molecule has 0 amide bonds. The molecule has 5 heteroatoms. The van der Waals surface area contributed by atoms with Gasteiger partial charge in [0, 0.05) is 59.0 Å². The first-order valence-electron chi connectivity index (χ1n) is 19.6. The highest BCUT2D eigenvalue weighted by Crippen LogP contribution is 2.56. The van der Waals surface area contributed by atoms with Crippen molar-refractivity contribution in [3.05, 3.63) is 181 Å². The van der Waals surface area contributed by atoms with Crippen LogP contribution in [0.1, 0.15) is 25.0 Å². The molecular weight excluding hydrogens is 697 g/mol. The summed E-state index contributed by atoms with van der Waals surface area (Å²) >= 11 is 1.90. The number of nitrogens with zero attached hydrogens (tertiary/aromatic N) is 3. The Bertz CT molecular complexity index is 3270. The summed E-state index contributed by atoms with van der Waals surface area (Å²) in [5.41, 5.74) is 17.7. The van der Waals surface area contributed by atoms with E-state index < -0.39 is 0 Å². The van der Waals surface area contributed by atoms with Gasteiger partial charge >= 0.3 is 6.85 Å². The molecule has 0 radical (unpaired) electrons. The Hall–Kier alpha value is -6.56. The lowest BCUT2D eigenvalue weighted by molar-refractivity contribution is 0.632. The van der Waals surface area contributed by atoms with Gasteiger partial charge in [-0.25, -0.2) is 0 Å². The van der Waals surface area contributed by atoms with Crippen LogP contribution in [-0.2, 0) is 5.41 Å². The van der Waals surface area contributed by atoms with E-state index in [4.69, 9.17) is 0 Å². The van der Waals surface area contributed by atoms with Gasteiger partial charge in [-0.15, -0.1) is 11.3 Å². The molecule has 8 aromatic carbocycles. The second-order valence-electron chi connectivity index (χ2n) is 16.1. The van der Waals surface area contributed by atoms with Gasteiger partial charge in [-0.3, -0.25) is 0 Å². The molecule has 2 aromatic heterocycles. The summed E-state index contributed by atoms with van der Waals surface area (Å²) in [6.45, 7) is 4.71. The first-order chi connectivity index (χ1) is 27.6. The third kappa shape index (κ3) is 3.78. The average Bonchev–Trinajstić information content (AvgIpc) is 3.79. The van der Waals surface area contributed by atoms with Crippen molar-refractivity contribution in [3.8, 4) is 16.8 Å². The molecular formula is C51H34BN3S. The number of para-hydroxylation sites is 5. The summed E-state index contributed by atoms with van der Waals surface area (Å²) in [5.74, 6) is 0. The van der Waals surface area contributed by atoms with Crippen LogP contribution < -0.4 is 20.6 Å². The Balaban J connectivity index is 1.25. The van der Waals surface area contributed by atoms with E-state index in [1.807, 2.05) is 11.3 Å². The van der Waals surface area contributed by atoms with Gasteiger partial charge in [0.25, 0.3) is 0 Å². The Morgan fingerprint density at radius 1 is 0.500 bits per heavy atom. The van der Waals surface area contributed by atoms with Crippen LogP contribution in [0, 0.1) is 0 Å². The van der Waals surface area contributed by atoms with Crippen molar-refractivity contribution in [1.82, 2.24) is 4.57 Å². The predicted molar refractivity (Wildman–Crippen MR) is 240 cm³/mol. The van der Waals surface area contributed by atoms with E-state index in [1.165, 1.54) is 109 Å². The Labute approximate surface area is 329 Å². The minimum absolute atomic E-state index is 0.0415. The van der Waals surface area contributed by atoms with Crippen LogP contribution in [0.5, 0.6) is 0 Å². The standard InChI is InChI=1S/C51H34BN3S/c1-51(2)37-21-9-13-25-42(37)53(43-26-14-10-22-38(43)51)45-29-36-32-18-6-12-24-41(32)55(31-16-4-3-5-17-31)52-39-30-47-35(33-19-8-15-27-46(33)56-47)28-44(39)54-40-23-11-7-20-34(40)48(45)50(54)49(36)52/h3-30H,1-2H3. The molecule has 13 rings (SSSR count). The monoisotopic (exact) mass is 731 g/mol. The molecule has 56 heavy (non-hydrogen) atoms. The second-order valence-corrected chi connectivity index (χ2v) is 17.1. The largest absolute Gasteiger partial charge is 0.376 e. The highest BCUT2D eigenvalue weighted by Gasteiger charge is 2.46. The van der Waals surface area contributed by atoms with Crippen LogP contribution in [0.15, 0.2) is 170 Å². The van der Waals surface area contributed by atoms with E-state index in [2.05, 4.69) is 198 Å². The highest BCUT2D eigenvalue weighted by atomic mass is 32.1. The van der Waals surface area contributed by atoms with Crippen molar-refractivity contribution in [2.24, 2.45) is 0 Å². The van der Waals surface area contributed by atoms with E-state index in [9.17, 15) is 0 Å². The fourth-order valence-corrected chi connectivity index (χ4v) is 11.7. The molecule has 10 aromatic rings. The van der Waals surface area contributed by atoms with E-state index in [-0.39, 0.29) is 12.3 Å². The lowest BCUT2D eigenvalue weighted by atomic mass is 9.44. The molecule has 0 bridgehead atoms. The van der Waals surface area contributed by atoms with Crippen molar-refractivity contribution < 1.29 is 0 Å². The van der Waals surface area contributed by atoms with Crippen LogP contribution in [0.4, 0.5) is 28.4 Å². The summed E-state index contributed by atoms with van der Waals surface area (Å²) < 4.78 is 5.27. The van der Waals surface area contributed by atoms with Crippen LogP contribution in [0.2, 0.25) is 0 Å².